The molecule has 2 heteroatoms. The van der Waals surface area contributed by atoms with E-state index in [0.717, 1.165) is 11.7 Å². The second-order valence-electron chi connectivity index (χ2n) is 5.86. The summed E-state index contributed by atoms with van der Waals surface area (Å²) in [5.41, 5.74) is 1.27. The van der Waals surface area contributed by atoms with Crippen molar-refractivity contribution in [3.63, 3.8) is 0 Å². The lowest BCUT2D eigenvalue weighted by atomic mass is 9.96. The monoisotopic (exact) mass is 269 g/mol. The molecular weight excluding hydrogens is 246 g/mol. The maximum Gasteiger partial charge on any atom is 0.125 e. The van der Waals surface area contributed by atoms with Gasteiger partial charge in [-0.1, -0.05) is 43.2 Å². The molecule has 0 saturated heterocycles. The van der Waals surface area contributed by atoms with Gasteiger partial charge in [0.2, 0.25) is 0 Å². The first-order chi connectivity index (χ1) is 9.84. The van der Waals surface area contributed by atoms with Crippen molar-refractivity contribution >= 4 is 0 Å². The second-order valence-corrected chi connectivity index (χ2v) is 5.86. The molecule has 1 N–H and O–H groups in total. The minimum Gasteiger partial charge on any atom is -0.467 e. The lowest BCUT2D eigenvalue weighted by molar-refractivity contribution is 0.337. The van der Waals surface area contributed by atoms with Crippen LogP contribution in [0.4, 0.5) is 0 Å². The summed E-state index contributed by atoms with van der Waals surface area (Å²) in [6.07, 6.45) is 7.23. The molecule has 1 aromatic heterocycles. The number of furan rings is 1. The van der Waals surface area contributed by atoms with Crippen molar-refractivity contribution in [3.05, 3.63) is 60.1 Å². The Labute approximate surface area is 121 Å². The van der Waals surface area contributed by atoms with Crippen molar-refractivity contribution in [1.82, 2.24) is 5.32 Å². The number of hydrogen-bond donors (Lipinski definition) is 1. The van der Waals surface area contributed by atoms with Crippen molar-refractivity contribution < 1.29 is 4.42 Å². The zero-order valence-corrected chi connectivity index (χ0v) is 12.1. The van der Waals surface area contributed by atoms with Crippen LogP contribution in [-0.4, -0.2) is 6.04 Å². The van der Waals surface area contributed by atoms with Crippen LogP contribution in [0.5, 0.6) is 0 Å². The molecule has 2 atom stereocenters. The number of hydrogen-bond acceptors (Lipinski definition) is 2. The third kappa shape index (κ3) is 2.96. The van der Waals surface area contributed by atoms with Gasteiger partial charge in [-0.15, -0.1) is 0 Å². The van der Waals surface area contributed by atoms with E-state index >= 15 is 0 Å². The van der Waals surface area contributed by atoms with Gasteiger partial charge in [0.15, 0.2) is 0 Å². The molecule has 1 saturated carbocycles. The quantitative estimate of drug-likeness (QED) is 0.862. The highest BCUT2D eigenvalue weighted by molar-refractivity contribution is 5.26. The standard InChI is InChI=1S/C18H23NO/c1-14(15-8-5-6-9-15)19-18(17-12-7-13-20-17)16-10-3-2-4-11-16/h2-4,7,10-15,18-19H,5-6,8-9H2,1H3. The van der Waals surface area contributed by atoms with Crippen LogP contribution in [0.1, 0.15) is 50.0 Å². The van der Waals surface area contributed by atoms with Crippen molar-refractivity contribution in [2.45, 2.75) is 44.7 Å². The summed E-state index contributed by atoms with van der Waals surface area (Å²) in [6.45, 7) is 2.31. The van der Waals surface area contributed by atoms with E-state index < -0.39 is 0 Å². The predicted octanol–water partition coefficient (Wildman–Crippen LogP) is 4.54. The second kappa shape index (κ2) is 6.27. The van der Waals surface area contributed by atoms with Gasteiger partial charge in [-0.2, -0.15) is 0 Å². The molecule has 106 valence electrons. The maximum absolute atomic E-state index is 5.65. The average molecular weight is 269 g/mol. The van der Waals surface area contributed by atoms with Crippen LogP contribution in [0.25, 0.3) is 0 Å². The van der Waals surface area contributed by atoms with Gasteiger partial charge < -0.3 is 9.73 Å². The molecule has 2 unspecified atom stereocenters. The predicted molar refractivity (Wildman–Crippen MR) is 81.5 cm³/mol. The SMILES string of the molecule is CC(NC(c1ccccc1)c1ccco1)C1CCCC1. The van der Waals surface area contributed by atoms with Crippen LogP contribution in [0, 0.1) is 5.92 Å². The molecule has 1 aliphatic carbocycles. The molecule has 20 heavy (non-hydrogen) atoms. The largest absolute Gasteiger partial charge is 0.467 e. The first kappa shape index (κ1) is 13.4. The first-order valence-electron chi connectivity index (χ1n) is 7.69. The molecule has 0 spiro atoms. The van der Waals surface area contributed by atoms with Gasteiger partial charge in [-0.3, -0.25) is 0 Å². The van der Waals surface area contributed by atoms with Crippen LogP contribution in [0.15, 0.2) is 53.1 Å². The van der Waals surface area contributed by atoms with Crippen molar-refractivity contribution in [1.29, 1.82) is 0 Å². The van der Waals surface area contributed by atoms with Gasteiger partial charge in [-0.05, 0) is 43.4 Å². The van der Waals surface area contributed by atoms with E-state index in [1.165, 1.54) is 31.2 Å². The van der Waals surface area contributed by atoms with Crippen molar-refractivity contribution in [2.75, 3.05) is 0 Å². The third-order valence-corrected chi connectivity index (χ3v) is 4.50. The minimum absolute atomic E-state index is 0.154. The van der Waals surface area contributed by atoms with Crippen LogP contribution in [0.3, 0.4) is 0 Å². The Morgan fingerprint density at radius 1 is 1.05 bits per heavy atom. The van der Waals surface area contributed by atoms with Crippen LogP contribution in [0.2, 0.25) is 0 Å². The molecule has 0 radical (unpaired) electrons. The zero-order chi connectivity index (χ0) is 13.8. The summed E-state index contributed by atoms with van der Waals surface area (Å²) < 4.78 is 5.65. The molecule has 1 aliphatic rings. The lowest BCUT2D eigenvalue weighted by Crippen LogP contribution is -2.35. The summed E-state index contributed by atoms with van der Waals surface area (Å²) in [6, 6.07) is 15.3. The summed E-state index contributed by atoms with van der Waals surface area (Å²) >= 11 is 0. The maximum atomic E-state index is 5.65. The van der Waals surface area contributed by atoms with Crippen molar-refractivity contribution in [3.8, 4) is 0 Å². The topological polar surface area (TPSA) is 25.2 Å². The summed E-state index contributed by atoms with van der Waals surface area (Å²) in [5.74, 6) is 1.80. The highest BCUT2D eigenvalue weighted by Gasteiger charge is 2.25. The molecule has 0 bridgehead atoms. The van der Waals surface area contributed by atoms with E-state index in [0.29, 0.717) is 6.04 Å². The van der Waals surface area contributed by atoms with E-state index in [9.17, 15) is 0 Å². The summed E-state index contributed by atoms with van der Waals surface area (Å²) in [4.78, 5) is 0. The molecular formula is C18H23NO. The molecule has 1 aromatic carbocycles. The number of rotatable bonds is 5. The van der Waals surface area contributed by atoms with Crippen molar-refractivity contribution in [2.24, 2.45) is 5.92 Å². The van der Waals surface area contributed by atoms with Crippen LogP contribution < -0.4 is 5.32 Å². The molecule has 0 aliphatic heterocycles. The van der Waals surface area contributed by atoms with Crippen LogP contribution >= 0.6 is 0 Å². The Kier molecular flexibility index (Phi) is 4.22. The Morgan fingerprint density at radius 2 is 1.80 bits per heavy atom. The Balaban J connectivity index is 1.79. The van der Waals surface area contributed by atoms with Gasteiger partial charge in [-0.25, -0.2) is 0 Å². The molecule has 2 aromatic rings. The molecule has 3 rings (SSSR count). The Hall–Kier alpha value is -1.54. The summed E-state index contributed by atoms with van der Waals surface area (Å²) in [5, 5.41) is 3.78. The highest BCUT2D eigenvalue weighted by atomic mass is 16.3. The molecule has 0 amide bonds. The fraction of sp³-hybridized carbons (Fsp3) is 0.444. The zero-order valence-electron chi connectivity index (χ0n) is 12.1. The Morgan fingerprint density at radius 3 is 2.45 bits per heavy atom. The molecule has 1 fully saturated rings. The molecule has 2 nitrogen and oxygen atoms in total. The first-order valence-corrected chi connectivity index (χ1v) is 7.69. The number of benzene rings is 1. The minimum atomic E-state index is 0.154. The van der Waals surface area contributed by atoms with E-state index in [2.05, 4.69) is 48.6 Å². The van der Waals surface area contributed by atoms with Crippen LogP contribution in [-0.2, 0) is 0 Å². The lowest BCUT2D eigenvalue weighted by Gasteiger charge is -2.26. The van der Waals surface area contributed by atoms with Gasteiger partial charge in [0.25, 0.3) is 0 Å². The Bertz CT molecular complexity index is 499. The highest BCUT2D eigenvalue weighted by Crippen LogP contribution is 2.30. The summed E-state index contributed by atoms with van der Waals surface area (Å²) in [7, 11) is 0. The van der Waals surface area contributed by atoms with E-state index in [-0.39, 0.29) is 6.04 Å². The fourth-order valence-electron chi connectivity index (χ4n) is 3.30. The van der Waals surface area contributed by atoms with Gasteiger partial charge in [0.1, 0.15) is 5.76 Å². The van der Waals surface area contributed by atoms with E-state index in [1.54, 1.807) is 6.26 Å². The van der Waals surface area contributed by atoms with Gasteiger partial charge in [0, 0.05) is 6.04 Å². The van der Waals surface area contributed by atoms with Gasteiger partial charge >= 0.3 is 0 Å². The fourth-order valence-corrected chi connectivity index (χ4v) is 3.30. The van der Waals surface area contributed by atoms with E-state index in [4.69, 9.17) is 4.42 Å². The van der Waals surface area contributed by atoms with Gasteiger partial charge in [0.05, 0.1) is 12.3 Å². The molecule has 1 heterocycles. The van der Waals surface area contributed by atoms with E-state index in [1.807, 2.05) is 6.07 Å². The number of nitrogens with one attached hydrogen (secondary N) is 1. The average Bonchev–Trinajstić information content (AvgIpc) is 3.18. The normalized spacial score (nSPS) is 19.1. The third-order valence-electron chi connectivity index (χ3n) is 4.50. The smallest absolute Gasteiger partial charge is 0.125 e.